The van der Waals surface area contributed by atoms with Crippen molar-refractivity contribution in [2.45, 2.75) is 63.7 Å². The van der Waals surface area contributed by atoms with E-state index in [-0.39, 0.29) is 29.1 Å². The second-order valence-corrected chi connectivity index (χ2v) is 13.0. The van der Waals surface area contributed by atoms with E-state index in [1.54, 1.807) is 17.0 Å². The van der Waals surface area contributed by atoms with Gasteiger partial charge in [0.05, 0.1) is 40.0 Å². The predicted octanol–water partition coefficient (Wildman–Crippen LogP) is 4.54. The van der Waals surface area contributed by atoms with Crippen LogP contribution in [0.1, 0.15) is 48.2 Å². The molecule has 3 atom stereocenters. The van der Waals surface area contributed by atoms with Crippen LogP contribution in [0.25, 0.3) is 10.2 Å². The number of ether oxygens (including phenoxy) is 2. The Balaban J connectivity index is 1.44. The summed E-state index contributed by atoms with van der Waals surface area (Å²) in [5.74, 6) is -0.221. The molecule has 198 valence electrons. The molecule has 3 unspecified atom stereocenters. The predicted molar refractivity (Wildman–Crippen MR) is 145 cm³/mol. The van der Waals surface area contributed by atoms with Crippen LogP contribution in [-0.2, 0) is 19.5 Å². The van der Waals surface area contributed by atoms with E-state index in [1.807, 2.05) is 26.8 Å². The third-order valence-corrected chi connectivity index (χ3v) is 9.90. The molecule has 3 heterocycles. The first-order valence-corrected chi connectivity index (χ1v) is 14.9. The Bertz CT molecular complexity index is 1390. The highest BCUT2D eigenvalue weighted by molar-refractivity contribution is 7.89. The van der Waals surface area contributed by atoms with Crippen LogP contribution in [0.4, 0.5) is 5.13 Å². The minimum absolute atomic E-state index is 0.0521. The highest BCUT2D eigenvalue weighted by Crippen LogP contribution is 2.34. The van der Waals surface area contributed by atoms with Gasteiger partial charge in [-0.2, -0.15) is 4.31 Å². The SMILES string of the molecule is Cc1cc(C)c2sc(N(CC3CCCO3)C(=O)c3ccc(S(=O)(=O)N4CC(C)OC(C)C4)cc3)nc2c1. The Morgan fingerprint density at radius 1 is 1.14 bits per heavy atom. The largest absolute Gasteiger partial charge is 0.376 e. The molecule has 10 heteroatoms. The van der Waals surface area contributed by atoms with Gasteiger partial charge in [0, 0.05) is 25.3 Å². The first-order valence-electron chi connectivity index (χ1n) is 12.7. The molecule has 5 rings (SSSR count). The fourth-order valence-electron chi connectivity index (χ4n) is 5.12. The van der Waals surface area contributed by atoms with Gasteiger partial charge in [-0.1, -0.05) is 17.4 Å². The Kier molecular flexibility index (Phi) is 7.39. The molecule has 0 aliphatic carbocycles. The van der Waals surface area contributed by atoms with E-state index >= 15 is 0 Å². The van der Waals surface area contributed by atoms with Crippen molar-refractivity contribution in [1.29, 1.82) is 0 Å². The first-order chi connectivity index (χ1) is 17.6. The molecule has 1 aromatic heterocycles. The standard InChI is InChI=1S/C27H33N3O5S2/c1-17-12-18(2)25-24(13-17)28-27(36-25)30(16-22-6-5-11-34-22)26(31)21-7-9-23(10-8-21)37(32,33)29-14-19(3)35-20(4)15-29/h7-10,12-13,19-20,22H,5-6,11,14-16H2,1-4H3. The summed E-state index contributed by atoms with van der Waals surface area (Å²) in [7, 11) is -3.69. The van der Waals surface area contributed by atoms with E-state index < -0.39 is 10.0 Å². The molecule has 0 N–H and O–H groups in total. The van der Waals surface area contributed by atoms with Crippen molar-refractivity contribution in [1.82, 2.24) is 9.29 Å². The number of carbonyl (C=O) groups excluding carboxylic acids is 1. The second-order valence-electron chi connectivity index (χ2n) is 10.1. The Hall–Kier alpha value is -2.37. The minimum Gasteiger partial charge on any atom is -0.376 e. The number of amides is 1. The van der Waals surface area contributed by atoms with Gasteiger partial charge in [0.25, 0.3) is 5.91 Å². The molecule has 0 saturated carbocycles. The van der Waals surface area contributed by atoms with Gasteiger partial charge < -0.3 is 9.47 Å². The molecule has 2 aliphatic rings. The summed E-state index contributed by atoms with van der Waals surface area (Å²) in [6, 6.07) is 10.4. The summed E-state index contributed by atoms with van der Waals surface area (Å²) < 4.78 is 40.5. The van der Waals surface area contributed by atoms with E-state index in [9.17, 15) is 13.2 Å². The lowest BCUT2D eigenvalue weighted by atomic mass is 10.1. The van der Waals surface area contributed by atoms with Gasteiger partial charge in [-0.3, -0.25) is 9.69 Å². The van der Waals surface area contributed by atoms with Crippen LogP contribution < -0.4 is 4.90 Å². The molecule has 37 heavy (non-hydrogen) atoms. The van der Waals surface area contributed by atoms with E-state index in [2.05, 4.69) is 13.0 Å². The third-order valence-electron chi connectivity index (χ3n) is 6.82. The molecule has 0 spiro atoms. The molecule has 0 bridgehead atoms. The molecule has 1 amide bonds. The number of anilines is 1. The van der Waals surface area contributed by atoms with Crippen molar-refractivity contribution in [2.75, 3.05) is 31.1 Å². The number of hydrogen-bond donors (Lipinski definition) is 0. The number of carbonyl (C=O) groups is 1. The lowest BCUT2D eigenvalue weighted by Gasteiger charge is -2.34. The number of morpholine rings is 1. The van der Waals surface area contributed by atoms with Gasteiger partial charge in [0.1, 0.15) is 0 Å². The van der Waals surface area contributed by atoms with Crippen LogP contribution in [0.3, 0.4) is 0 Å². The average molecular weight is 544 g/mol. The number of rotatable bonds is 6. The molecule has 2 aromatic carbocycles. The highest BCUT2D eigenvalue weighted by atomic mass is 32.2. The number of nitrogens with zero attached hydrogens (tertiary/aromatic N) is 3. The highest BCUT2D eigenvalue weighted by Gasteiger charge is 2.33. The van der Waals surface area contributed by atoms with Gasteiger partial charge >= 0.3 is 0 Å². The van der Waals surface area contributed by atoms with E-state index in [1.165, 1.54) is 27.8 Å². The van der Waals surface area contributed by atoms with Crippen molar-refractivity contribution in [3.63, 3.8) is 0 Å². The molecule has 2 aliphatic heterocycles. The topological polar surface area (TPSA) is 89.0 Å². The number of thiazole rings is 1. The van der Waals surface area contributed by atoms with Crippen molar-refractivity contribution in [3.8, 4) is 0 Å². The zero-order chi connectivity index (χ0) is 26.3. The summed E-state index contributed by atoms with van der Waals surface area (Å²) in [6.07, 6.45) is 1.46. The lowest BCUT2D eigenvalue weighted by Crippen LogP contribution is -2.48. The van der Waals surface area contributed by atoms with Gasteiger partial charge in [-0.05, 0) is 82.0 Å². The van der Waals surface area contributed by atoms with Crippen LogP contribution in [0, 0.1) is 13.8 Å². The van der Waals surface area contributed by atoms with Crippen molar-refractivity contribution < 1.29 is 22.7 Å². The maximum absolute atomic E-state index is 13.8. The quantitative estimate of drug-likeness (QED) is 0.454. The zero-order valence-corrected chi connectivity index (χ0v) is 23.3. The van der Waals surface area contributed by atoms with Gasteiger partial charge in [-0.25, -0.2) is 13.4 Å². The maximum Gasteiger partial charge on any atom is 0.260 e. The fraction of sp³-hybridized carbons (Fsp3) is 0.481. The summed E-state index contributed by atoms with van der Waals surface area (Å²) in [5, 5.41) is 0.622. The minimum atomic E-state index is -3.69. The molecule has 3 aromatic rings. The number of aromatic nitrogens is 1. The number of sulfonamides is 1. The Morgan fingerprint density at radius 3 is 2.49 bits per heavy atom. The van der Waals surface area contributed by atoms with Crippen molar-refractivity contribution in [3.05, 3.63) is 53.1 Å². The van der Waals surface area contributed by atoms with Gasteiger partial charge in [0.15, 0.2) is 5.13 Å². The number of benzene rings is 2. The number of aryl methyl sites for hydroxylation is 2. The van der Waals surface area contributed by atoms with Crippen molar-refractivity contribution >= 4 is 42.6 Å². The van der Waals surface area contributed by atoms with Gasteiger partial charge in [0.2, 0.25) is 10.0 Å². The lowest BCUT2D eigenvalue weighted by molar-refractivity contribution is -0.0440. The fourth-order valence-corrected chi connectivity index (χ4v) is 7.74. The molecule has 8 nitrogen and oxygen atoms in total. The molecule has 2 saturated heterocycles. The summed E-state index contributed by atoms with van der Waals surface area (Å²) in [6.45, 7) is 9.53. The summed E-state index contributed by atoms with van der Waals surface area (Å²) >= 11 is 1.50. The van der Waals surface area contributed by atoms with Gasteiger partial charge in [-0.15, -0.1) is 0 Å². The van der Waals surface area contributed by atoms with Crippen molar-refractivity contribution in [2.24, 2.45) is 0 Å². The number of fused-ring (bicyclic) bond motifs is 1. The van der Waals surface area contributed by atoms with E-state index in [0.29, 0.717) is 36.9 Å². The monoisotopic (exact) mass is 543 g/mol. The molecular formula is C27H33N3O5S2. The molecule has 2 fully saturated rings. The van der Waals surface area contributed by atoms with E-state index in [4.69, 9.17) is 14.5 Å². The van der Waals surface area contributed by atoms with Crippen LogP contribution in [0.15, 0.2) is 41.3 Å². The summed E-state index contributed by atoms with van der Waals surface area (Å²) in [5.41, 5.74) is 3.54. The average Bonchev–Trinajstić information content (AvgIpc) is 3.51. The normalized spacial score (nSPS) is 23.0. The zero-order valence-electron chi connectivity index (χ0n) is 21.6. The van der Waals surface area contributed by atoms with Crippen LogP contribution in [0.5, 0.6) is 0 Å². The first kappa shape index (κ1) is 26.2. The smallest absolute Gasteiger partial charge is 0.260 e. The number of hydrogen-bond acceptors (Lipinski definition) is 7. The molecule has 0 radical (unpaired) electrons. The van der Waals surface area contributed by atoms with Crippen LogP contribution in [-0.4, -0.2) is 68.2 Å². The van der Waals surface area contributed by atoms with E-state index in [0.717, 1.165) is 34.2 Å². The van der Waals surface area contributed by atoms with Crippen LogP contribution in [0.2, 0.25) is 0 Å². The van der Waals surface area contributed by atoms with Crippen LogP contribution >= 0.6 is 11.3 Å². The second kappa shape index (κ2) is 10.4. The maximum atomic E-state index is 13.8. The Labute approximate surface area is 222 Å². The Morgan fingerprint density at radius 2 is 1.84 bits per heavy atom. The third kappa shape index (κ3) is 5.44. The summed E-state index contributed by atoms with van der Waals surface area (Å²) in [4.78, 5) is 20.4. The molecular weight excluding hydrogens is 510 g/mol.